The van der Waals surface area contributed by atoms with Crippen molar-refractivity contribution in [2.75, 3.05) is 20.5 Å². The Balaban J connectivity index is 2.25. The molecule has 1 aromatic rings. The second-order valence-corrected chi connectivity index (χ2v) is 8.30. The quantitative estimate of drug-likeness (QED) is 0.300. The lowest BCUT2D eigenvalue weighted by Crippen LogP contribution is -2.44. The fraction of sp³-hybridized carbons (Fsp3) is 0.650. The maximum Gasteiger partial charge on any atom is 0.408 e. The third-order valence-electron chi connectivity index (χ3n) is 5.02. The molecule has 5 nitrogen and oxygen atoms in total. The second kappa shape index (κ2) is 11.1. The molecule has 0 spiro atoms. The molecule has 1 amide bonds. The van der Waals surface area contributed by atoms with Crippen molar-refractivity contribution in [3.8, 4) is 0 Å². The van der Waals surface area contributed by atoms with Crippen LogP contribution in [0.1, 0.15) is 57.1 Å². The molecule has 1 aromatic carbocycles. The molecule has 0 heterocycles. The van der Waals surface area contributed by atoms with Gasteiger partial charge in [0.15, 0.2) is 0 Å². The molecule has 146 valence electrons. The molecule has 0 saturated heterocycles. The third kappa shape index (κ3) is 6.09. The van der Waals surface area contributed by atoms with E-state index in [1.165, 1.54) is 6.42 Å². The van der Waals surface area contributed by atoms with Gasteiger partial charge < -0.3 is 14.6 Å². The lowest BCUT2D eigenvalue weighted by Gasteiger charge is -2.39. The molecule has 2 rings (SSSR count). The van der Waals surface area contributed by atoms with Crippen LogP contribution in [0.5, 0.6) is 0 Å². The van der Waals surface area contributed by atoms with Gasteiger partial charge in [-0.15, -0.1) is 0 Å². The Morgan fingerprint density at radius 3 is 2.62 bits per heavy atom. The molecule has 0 aromatic heterocycles. The van der Waals surface area contributed by atoms with Crippen LogP contribution in [0.25, 0.3) is 0 Å². The fourth-order valence-corrected chi connectivity index (χ4v) is 4.57. The van der Waals surface area contributed by atoms with E-state index in [1.807, 2.05) is 12.1 Å². The predicted molar refractivity (Wildman–Crippen MR) is 110 cm³/mol. The number of carboxylic acid groups (broad SMARTS) is 1. The summed E-state index contributed by atoms with van der Waals surface area (Å²) >= 11 is 2.31. The van der Waals surface area contributed by atoms with Gasteiger partial charge in [0.05, 0.1) is 12.6 Å². The van der Waals surface area contributed by atoms with Crippen LogP contribution in [-0.4, -0.2) is 42.7 Å². The number of benzene rings is 1. The van der Waals surface area contributed by atoms with Crippen molar-refractivity contribution >= 4 is 28.7 Å². The zero-order valence-corrected chi connectivity index (χ0v) is 17.9. The molecule has 0 radical (unpaired) electrons. The largest absolute Gasteiger partial charge is 0.465 e. The highest BCUT2D eigenvalue weighted by atomic mass is 127. The minimum atomic E-state index is -0.813. The van der Waals surface area contributed by atoms with Crippen LogP contribution in [0.15, 0.2) is 24.3 Å². The first-order valence-electron chi connectivity index (χ1n) is 9.37. The van der Waals surface area contributed by atoms with Gasteiger partial charge in [0.2, 0.25) is 0 Å². The van der Waals surface area contributed by atoms with Crippen LogP contribution in [0.4, 0.5) is 4.79 Å². The molecule has 0 bridgehead atoms. The lowest BCUT2D eigenvalue weighted by atomic mass is 9.89. The summed E-state index contributed by atoms with van der Waals surface area (Å²) in [6, 6.07) is 8.07. The number of halogens is 1. The van der Waals surface area contributed by atoms with Crippen LogP contribution in [-0.2, 0) is 9.47 Å². The van der Waals surface area contributed by atoms with Gasteiger partial charge in [-0.2, -0.15) is 0 Å². The topological polar surface area (TPSA) is 59.0 Å². The molecule has 1 fully saturated rings. The molecular weight excluding hydrogens is 445 g/mol. The van der Waals surface area contributed by atoms with Crippen molar-refractivity contribution in [2.24, 2.45) is 5.92 Å². The molecule has 6 heteroatoms. The van der Waals surface area contributed by atoms with E-state index < -0.39 is 6.09 Å². The van der Waals surface area contributed by atoms with E-state index >= 15 is 0 Å². The Morgan fingerprint density at radius 2 is 2.00 bits per heavy atom. The van der Waals surface area contributed by atoms with Crippen molar-refractivity contribution in [1.29, 1.82) is 0 Å². The summed E-state index contributed by atoms with van der Waals surface area (Å²) in [5.41, 5.74) is 1.10. The third-order valence-corrected chi connectivity index (χ3v) is 6.00. The first-order chi connectivity index (χ1) is 12.5. The highest BCUT2D eigenvalue weighted by Gasteiger charge is 2.34. The fourth-order valence-electron chi connectivity index (χ4n) is 3.82. The van der Waals surface area contributed by atoms with E-state index in [0.29, 0.717) is 6.61 Å². The van der Waals surface area contributed by atoms with Crippen molar-refractivity contribution in [2.45, 2.75) is 57.5 Å². The summed E-state index contributed by atoms with van der Waals surface area (Å²) in [7, 11) is 1.61. The van der Waals surface area contributed by atoms with E-state index in [4.69, 9.17) is 9.47 Å². The SMILES string of the molecule is COCOC[C@@H](C)CC(c1ccccc1I)N(C(=O)O)C1CCCCC1. The average Bonchev–Trinajstić information content (AvgIpc) is 2.62. The first kappa shape index (κ1) is 21.4. The molecule has 1 aliphatic rings. The Bertz CT molecular complexity index is 562. The van der Waals surface area contributed by atoms with E-state index in [2.05, 4.69) is 41.6 Å². The normalized spacial score (nSPS) is 17.7. The lowest BCUT2D eigenvalue weighted by molar-refractivity contribution is -0.0453. The Kier molecular flexibility index (Phi) is 9.15. The monoisotopic (exact) mass is 475 g/mol. The molecule has 0 aliphatic heterocycles. The van der Waals surface area contributed by atoms with Crippen LogP contribution >= 0.6 is 22.6 Å². The zero-order valence-electron chi connectivity index (χ0n) is 15.7. The second-order valence-electron chi connectivity index (χ2n) is 7.14. The molecular formula is C20H30INO4. The van der Waals surface area contributed by atoms with E-state index in [-0.39, 0.29) is 24.8 Å². The van der Waals surface area contributed by atoms with E-state index in [0.717, 1.165) is 41.2 Å². The summed E-state index contributed by atoms with van der Waals surface area (Å²) in [5.74, 6) is 0.233. The van der Waals surface area contributed by atoms with E-state index in [1.54, 1.807) is 12.0 Å². The Hall–Kier alpha value is -0.860. The summed E-state index contributed by atoms with van der Waals surface area (Å²) in [4.78, 5) is 14.0. The maximum absolute atomic E-state index is 12.2. The molecule has 1 aliphatic carbocycles. The number of hydrogen-bond donors (Lipinski definition) is 1. The number of amides is 1. The van der Waals surface area contributed by atoms with Gasteiger partial charge in [-0.05, 0) is 59.4 Å². The molecule has 1 N–H and O–H groups in total. The summed E-state index contributed by atoms with van der Waals surface area (Å²) in [6.45, 7) is 2.94. The van der Waals surface area contributed by atoms with Gasteiger partial charge in [-0.25, -0.2) is 4.79 Å². The van der Waals surface area contributed by atoms with Gasteiger partial charge in [-0.1, -0.05) is 44.4 Å². The molecule has 1 saturated carbocycles. The van der Waals surface area contributed by atoms with Gasteiger partial charge in [-0.3, -0.25) is 4.90 Å². The highest BCUT2D eigenvalue weighted by Crippen LogP contribution is 2.36. The number of ether oxygens (including phenoxy) is 2. The van der Waals surface area contributed by atoms with Crippen LogP contribution in [0.3, 0.4) is 0 Å². The smallest absolute Gasteiger partial charge is 0.408 e. The number of rotatable bonds is 9. The average molecular weight is 475 g/mol. The maximum atomic E-state index is 12.2. The number of hydrogen-bond acceptors (Lipinski definition) is 3. The van der Waals surface area contributed by atoms with Gasteiger partial charge >= 0.3 is 6.09 Å². The van der Waals surface area contributed by atoms with Crippen molar-refractivity contribution in [1.82, 2.24) is 4.90 Å². The number of methoxy groups -OCH3 is 1. The Labute approximate surface area is 170 Å². The van der Waals surface area contributed by atoms with Crippen LogP contribution < -0.4 is 0 Å². The minimum absolute atomic E-state index is 0.106. The van der Waals surface area contributed by atoms with Crippen LogP contribution in [0.2, 0.25) is 0 Å². The van der Waals surface area contributed by atoms with Gasteiger partial charge in [0, 0.05) is 16.7 Å². The van der Waals surface area contributed by atoms with Gasteiger partial charge in [0.1, 0.15) is 6.79 Å². The first-order valence-corrected chi connectivity index (χ1v) is 10.4. The minimum Gasteiger partial charge on any atom is -0.465 e. The predicted octanol–water partition coefficient (Wildman–Crippen LogP) is 5.29. The van der Waals surface area contributed by atoms with Crippen molar-refractivity contribution < 1.29 is 19.4 Å². The zero-order chi connectivity index (χ0) is 18.9. The highest BCUT2D eigenvalue weighted by molar-refractivity contribution is 14.1. The number of carbonyl (C=O) groups is 1. The molecule has 26 heavy (non-hydrogen) atoms. The van der Waals surface area contributed by atoms with Crippen molar-refractivity contribution in [3.63, 3.8) is 0 Å². The van der Waals surface area contributed by atoms with E-state index in [9.17, 15) is 9.90 Å². The standard InChI is InChI=1S/C20H30INO4/c1-15(13-26-14-25-2)12-19(17-10-6-7-11-18(17)21)22(20(23)24)16-8-4-3-5-9-16/h6-7,10-11,15-16,19H,3-5,8-9,12-14H2,1-2H3,(H,23,24)/t15-,19?/m0/s1. The molecule has 2 atom stereocenters. The summed E-state index contributed by atoms with van der Waals surface area (Å²) < 4.78 is 11.6. The van der Waals surface area contributed by atoms with Crippen LogP contribution in [0, 0.1) is 9.49 Å². The summed E-state index contributed by atoms with van der Waals surface area (Å²) in [5, 5.41) is 10.0. The van der Waals surface area contributed by atoms with Crippen molar-refractivity contribution in [3.05, 3.63) is 33.4 Å². The van der Waals surface area contributed by atoms with Gasteiger partial charge in [0.25, 0.3) is 0 Å². The Morgan fingerprint density at radius 1 is 1.31 bits per heavy atom. The summed E-state index contributed by atoms with van der Waals surface area (Å²) in [6.07, 6.45) is 5.28. The number of nitrogens with zero attached hydrogens (tertiary/aromatic N) is 1. The molecule has 1 unspecified atom stereocenters.